The number of aromatic nitrogens is 5. The Labute approximate surface area is 475 Å². The number of fused-ring (bicyclic) bond motifs is 7. The number of imidazole rings is 1. The Hall–Kier alpha value is -9.09. The molecule has 77 heavy (non-hydrogen) atoms. The molecule has 4 heterocycles. The average molecular weight is 1180 g/mol. The molecule has 10 aromatic carbocycles. The Morgan fingerprint density at radius 1 is 0.519 bits per heavy atom. The maximum atomic E-state index is 9.23. The largest absolute Gasteiger partial charge is 0.508 e. The standard InChI is InChI=1S/C70H49N5O.Pt/c1-70(2,3)51-38-39-71-68(42-51)75-62-35-18-15-30-58(62)59-44-66(74-60-33-16-13-28-56(60)57-29-14-17-34-61(57)74)67(45-65(59)75)76-53-41-50(47-22-7-4-8-23-47)40-52(43-53)72-46-73(64-37-20-19-36-63(64)72)69-54(48-24-9-5-10-25-48)31-21-32-55(69)49-26-11-6-12-27-49;/h4-42,44H,1-3H3;/q-2;/i5D,6D,9D,10D,11D,12D,24D,25D,26D,27D;. The van der Waals surface area contributed by atoms with Crippen molar-refractivity contribution >= 4 is 54.6 Å². The van der Waals surface area contributed by atoms with Crippen molar-refractivity contribution in [1.82, 2.24) is 18.7 Å². The van der Waals surface area contributed by atoms with Crippen LogP contribution in [0.1, 0.15) is 40.0 Å². The molecule has 0 spiro atoms. The van der Waals surface area contributed by atoms with Crippen molar-refractivity contribution < 1.29 is 44.1 Å². The molecule has 0 saturated heterocycles. The number of pyridine rings is 1. The Morgan fingerprint density at radius 2 is 1.09 bits per heavy atom. The van der Waals surface area contributed by atoms with Crippen molar-refractivity contribution in [1.29, 1.82) is 0 Å². The van der Waals surface area contributed by atoms with E-state index in [4.69, 9.17) is 17.9 Å². The molecule has 6 nitrogen and oxygen atoms in total. The molecule has 0 aliphatic rings. The maximum absolute atomic E-state index is 9.23. The third-order valence-electron chi connectivity index (χ3n) is 14.1. The van der Waals surface area contributed by atoms with Crippen molar-refractivity contribution in [2.75, 3.05) is 0 Å². The SMILES string of the molecule is [2H]c1c([2H])c([2H])c(-c2cccc(-c3c([2H])c([2H])c([2H])c([2H])c3[2H])c2-[n+]2[c-]n(-c3[c-]c(Oc4[c-]c5c(cc4-n4c6ccccc6c6ccccc64)c4ccccc4n5-c4cc(C(C)(C)C)ccn4)cc(-c4ccccc4)c3)c3ccccc32)c([2H])c1[2H].[Pt]. The van der Waals surface area contributed by atoms with E-state index in [0.29, 0.717) is 28.2 Å². The zero-order chi connectivity index (χ0) is 59.6. The van der Waals surface area contributed by atoms with Crippen molar-refractivity contribution in [3.63, 3.8) is 0 Å². The summed E-state index contributed by atoms with van der Waals surface area (Å²) in [6, 6.07) is 59.2. The fourth-order valence-electron chi connectivity index (χ4n) is 10.6. The summed E-state index contributed by atoms with van der Waals surface area (Å²) in [5.41, 5.74) is 8.50. The molecule has 14 aromatic rings. The van der Waals surface area contributed by atoms with Gasteiger partial charge in [-0.3, -0.25) is 4.57 Å². The first kappa shape index (κ1) is 37.6. The Morgan fingerprint density at radius 3 is 1.73 bits per heavy atom. The minimum atomic E-state index is -0.584. The van der Waals surface area contributed by atoms with Crippen LogP contribution in [-0.4, -0.2) is 18.7 Å². The Balaban J connectivity index is 0.00000700. The normalized spacial score (nSPS) is 13.5. The number of rotatable bonds is 9. The summed E-state index contributed by atoms with van der Waals surface area (Å²) in [5, 5.41) is 4.05. The molecule has 0 atom stereocenters. The number of ether oxygens (including phenoxy) is 1. The average Bonchev–Trinajstić information content (AvgIpc) is 1.70. The maximum Gasteiger partial charge on any atom is 0.268 e. The zero-order valence-electron chi connectivity index (χ0n) is 51.8. The van der Waals surface area contributed by atoms with Gasteiger partial charge in [-0.1, -0.05) is 219 Å². The molecule has 0 saturated carbocycles. The molecular formula is C70H49N5OPt-2. The van der Waals surface area contributed by atoms with Crippen LogP contribution in [-0.2, 0) is 26.5 Å². The van der Waals surface area contributed by atoms with E-state index >= 15 is 0 Å². The number of para-hydroxylation sites is 6. The van der Waals surface area contributed by atoms with Crippen molar-refractivity contribution in [3.05, 3.63) is 267 Å². The predicted molar refractivity (Wildman–Crippen MR) is 309 cm³/mol. The predicted octanol–water partition coefficient (Wildman–Crippen LogP) is 17.0. The van der Waals surface area contributed by atoms with Gasteiger partial charge < -0.3 is 18.4 Å². The number of hydrogen-bond donors (Lipinski definition) is 0. The molecule has 0 bridgehead atoms. The van der Waals surface area contributed by atoms with E-state index in [9.17, 15) is 5.48 Å². The van der Waals surface area contributed by atoms with Gasteiger partial charge in [0.1, 0.15) is 5.82 Å². The molecule has 0 aliphatic carbocycles. The van der Waals surface area contributed by atoms with Gasteiger partial charge in [-0.05, 0) is 85.9 Å². The van der Waals surface area contributed by atoms with Gasteiger partial charge in [0.25, 0.3) is 6.33 Å². The summed E-state index contributed by atoms with van der Waals surface area (Å²) in [4.78, 5) is 4.98. The molecule has 0 fully saturated rings. The summed E-state index contributed by atoms with van der Waals surface area (Å²) in [6.07, 6.45) is 5.39. The van der Waals surface area contributed by atoms with E-state index in [0.717, 1.165) is 71.8 Å². The molecule has 0 radical (unpaired) electrons. The smallest absolute Gasteiger partial charge is 0.268 e. The number of nitrogens with zero attached hydrogens (tertiary/aromatic N) is 5. The van der Waals surface area contributed by atoms with Gasteiger partial charge in [0.15, 0.2) is 0 Å². The van der Waals surface area contributed by atoms with Crippen molar-refractivity contribution in [2.24, 2.45) is 0 Å². The molecule has 14 rings (SSSR count). The van der Waals surface area contributed by atoms with Gasteiger partial charge in [0, 0.05) is 66.1 Å². The van der Waals surface area contributed by atoms with E-state index in [1.807, 2.05) is 109 Å². The third kappa shape index (κ3) is 8.24. The fourth-order valence-corrected chi connectivity index (χ4v) is 10.6. The van der Waals surface area contributed by atoms with E-state index in [-0.39, 0.29) is 54.4 Å². The van der Waals surface area contributed by atoms with E-state index in [1.54, 1.807) is 27.3 Å². The van der Waals surface area contributed by atoms with Crippen LogP contribution in [0.3, 0.4) is 0 Å². The molecular weight excluding hydrogens is 1120 g/mol. The van der Waals surface area contributed by atoms with Gasteiger partial charge in [-0.15, -0.1) is 29.8 Å². The summed E-state index contributed by atoms with van der Waals surface area (Å²) in [5.74, 6) is 1.42. The van der Waals surface area contributed by atoms with Crippen LogP contribution in [0, 0.1) is 18.5 Å². The van der Waals surface area contributed by atoms with Gasteiger partial charge in [0.2, 0.25) is 0 Å². The van der Waals surface area contributed by atoms with Crippen LogP contribution in [0.4, 0.5) is 0 Å². The molecule has 0 N–H and O–H groups in total. The Bertz CT molecular complexity index is 4970. The van der Waals surface area contributed by atoms with Crippen molar-refractivity contribution in [2.45, 2.75) is 26.2 Å². The second-order valence-electron chi connectivity index (χ2n) is 19.7. The summed E-state index contributed by atoms with van der Waals surface area (Å²) < 4.78 is 104. The van der Waals surface area contributed by atoms with Gasteiger partial charge >= 0.3 is 0 Å². The quantitative estimate of drug-likeness (QED) is 0.107. The van der Waals surface area contributed by atoms with Gasteiger partial charge in [-0.2, -0.15) is 6.07 Å². The number of hydrogen-bond acceptors (Lipinski definition) is 2. The molecule has 0 aliphatic heterocycles. The molecule has 4 aromatic heterocycles. The summed E-state index contributed by atoms with van der Waals surface area (Å²) in [6.45, 7) is 6.55. The van der Waals surface area contributed by atoms with Crippen LogP contribution >= 0.6 is 0 Å². The van der Waals surface area contributed by atoms with Crippen LogP contribution < -0.4 is 9.30 Å². The van der Waals surface area contributed by atoms with Crippen molar-refractivity contribution in [3.8, 4) is 67.8 Å². The fraction of sp³-hybridized carbons (Fsp3) is 0.0571. The number of benzene rings is 10. The monoisotopic (exact) mass is 1180 g/mol. The van der Waals surface area contributed by atoms with E-state index in [1.165, 1.54) is 0 Å². The van der Waals surface area contributed by atoms with Crippen LogP contribution in [0.2, 0.25) is 0 Å². The molecule has 0 amide bonds. The molecule has 0 unspecified atom stereocenters. The zero-order valence-corrected chi connectivity index (χ0v) is 44.1. The molecule has 372 valence electrons. The minimum absolute atomic E-state index is 0. The second kappa shape index (κ2) is 19.2. The van der Waals surface area contributed by atoms with Gasteiger partial charge in [-0.25, -0.2) is 4.98 Å². The van der Waals surface area contributed by atoms with Gasteiger partial charge in [0.05, 0.1) is 30.4 Å². The Kier molecular flexibility index (Phi) is 9.40. The minimum Gasteiger partial charge on any atom is -0.508 e. The topological polar surface area (TPSA) is 40.8 Å². The molecule has 7 heteroatoms. The first-order valence-corrected chi connectivity index (χ1v) is 25.0. The third-order valence-corrected chi connectivity index (χ3v) is 14.1. The second-order valence-corrected chi connectivity index (χ2v) is 19.7. The van der Waals surface area contributed by atoms with E-state index < -0.39 is 60.4 Å². The summed E-state index contributed by atoms with van der Waals surface area (Å²) in [7, 11) is 0. The first-order valence-electron chi connectivity index (χ1n) is 30.0. The van der Waals surface area contributed by atoms with Crippen LogP contribution in [0.5, 0.6) is 11.5 Å². The van der Waals surface area contributed by atoms with Crippen LogP contribution in [0.25, 0.3) is 111 Å². The van der Waals surface area contributed by atoms with E-state index in [2.05, 4.69) is 103 Å². The first-order chi connectivity index (χ1) is 41.5. The van der Waals surface area contributed by atoms with Crippen LogP contribution in [0.15, 0.2) is 243 Å². The summed E-state index contributed by atoms with van der Waals surface area (Å²) >= 11 is 0.